The molecule has 0 aromatic heterocycles. The quantitative estimate of drug-likeness (QED) is 0.892. The van der Waals surface area contributed by atoms with E-state index in [2.05, 4.69) is 5.32 Å². The molecule has 1 unspecified atom stereocenters. The third kappa shape index (κ3) is 3.69. The van der Waals surface area contributed by atoms with Crippen molar-refractivity contribution < 1.29 is 18.7 Å². The highest BCUT2D eigenvalue weighted by Gasteiger charge is 2.36. The summed E-state index contributed by atoms with van der Waals surface area (Å²) in [6, 6.07) is 11.5. The average Bonchev–Trinajstić information content (AvgIpc) is 3.01. The van der Waals surface area contributed by atoms with Crippen LogP contribution in [0.3, 0.4) is 0 Å². The van der Waals surface area contributed by atoms with Gasteiger partial charge in [0.1, 0.15) is 11.6 Å². The number of anilines is 2. The number of hydrogen-bond acceptors (Lipinski definition) is 3. The van der Waals surface area contributed by atoms with Gasteiger partial charge < -0.3 is 15.0 Å². The van der Waals surface area contributed by atoms with E-state index in [1.807, 2.05) is 19.1 Å². The molecule has 2 amide bonds. The summed E-state index contributed by atoms with van der Waals surface area (Å²) in [4.78, 5) is 26.6. The summed E-state index contributed by atoms with van der Waals surface area (Å²) < 4.78 is 19.0. The monoisotopic (exact) mass is 356 g/mol. The molecule has 1 heterocycles. The van der Waals surface area contributed by atoms with Crippen LogP contribution in [0.2, 0.25) is 0 Å². The second-order valence-electron chi connectivity index (χ2n) is 6.25. The van der Waals surface area contributed by atoms with Crippen LogP contribution in [-0.2, 0) is 9.59 Å². The van der Waals surface area contributed by atoms with Crippen molar-refractivity contribution in [2.75, 3.05) is 23.4 Å². The minimum absolute atomic E-state index is 0.112. The molecule has 2 aromatic carbocycles. The van der Waals surface area contributed by atoms with E-state index in [1.54, 1.807) is 30.0 Å². The Morgan fingerprint density at radius 3 is 2.85 bits per heavy atom. The number of hydrogen-bond donors (Lipinski definition) is 1. The maximum absolute atomic E-state index is 13.4. The first-order valence-electron chi connectivity index (χ1n) is 8.58. The first-order chi connectivity index (χ1) is 12.5. The molecular weight excluding hydrogens is 335 g/mol. The summed E-state index contributed by atoms with van der Waals surface area (Å²) in [5.41, 5.74) is 1.86. The number of rotatable bonds is 5. The Hall–Kier alpha value is -2.89. The molecule has 136 valence electrons. The first-order valence-corrected chi connectivity index (χ1v) is 8.58. The van der Waals surface area contributed by atoms with Crippen LogP contribution in [0.4, 0.5) is 15.8 Å². The van der Waals surface area contributed by atoms with Crippen molar-refractivity contribution in [3.8, 4) is 5.75 Å². The predicted octanol–water partition coefficient (Wildman–Crippen LogP) is 3.52. The normalized spacial score (nSPS) is 16.7. The molecule has 1 N–H and O–H groups in total. The molecule has 1 aliphatic rings. The number of amides is 2. The van der Waals surface area contributed by atoms with Crippen molar-refractivity contribution in [3.63, 3.8) is 0 Å². The topological polar surface area (TPSA) is 58.6 Å². The highest BCUT2D eigenvalue weighted by atomic mass is 19.1. The SMILES string of the molecule is CCOc1ccccc1N1CC(C(=O)Nc2cc(F)ccc2C)CC1=O. The fourth-order valence-electron chi connectivity index (χ4n) is 3.04. The van der Waals surface area contributed by atoms with Gasteiger partial charge in [-0.2, -0.15) is 0 Å². The lowest BCUT2D eigenvalue weighted by Crippen LogP contribution is -2.28. The number of nitrogens with one attached hydrogen (secondary N) is 1. The van der Waals surface area contributed by atoms with Gasteiger partial charge in [0.25, 0.3) is 0 Å². The lowest BCUT2D eigenvalue weighted by atomic mass is 10.1. The van der Waals surface area contributed by atoms with Gasteiger partial charge >= 0.3 is 0 Å². The number of benzene rings is 2. The van der Waals surface area contributed by atoms with Gasteiger partial charge in [-0.05, 0) is 43.7 Å². The molecule has 0 radical (unpaired) electrons. The Morgan fingerprint density at radius 2 is 2.08 bits per heavy atom. The lowest BCUT2D eigenvalue weighted by molar-refractivity contribution is -0.122. The summed E-state index contributed by atoms with van der Waals surface area (Å²) in [7, 11) is 0. The van der Waals surface area contributed by atoms with Crippen molar-refractivity contribution in [2.24, 2.45) is 5.92 Å². The third-order valence-electron chi connectivity index (χ3n) is 4.41. The van der Waals surface area contributed by atoms with Crippen molar-refractivity contribution in [1.82, 2.24) is 0 Å². The van der Waals surface area contributed by atoms with Crippen LogP contribution in [-0.4, -0.2) is 25.0 Å². The minimum atomic E-state index is -0.500. The van der Waals surface area contributed by atoms with E-state index in [1.165, 1.54) is 12.1 Å². The number of carbonyl (C=O) groups excluding carboxylic acids is 2. The second kappa shape index (κ2) is 7.56. The summed E-state index contributed by atoms with van der Waals surface area (Å²) in [5, 5.41) is 2.74. The van der Waals surface area contributed by atoms with Gasteiger partial charge in [0.15, 0.2) is 0 Å². The fourth-order valence-corrected chi connectivity index (χ4v) is 3.04. The molecule has 1 fully saturated rings. The number of halogens is 1. The minimum Gasteiger partial charge on any atom is -0.492 e. The molecule has 0 saturated carbocycles. The van der Waals surface area contributed by atoms with Crippen molar-refractivity contribution in [3.05, 3.63) is 53.8 Å². The number of aryl methyl sites for hydroxylation is 1. The Morgan fingerprint density at radius 1 is 1.31 bits per heavy atom. The largest absolute Gasteiger partial charge is 0.492 e. The van der Waals surface area contributed by atoms with E-state index in [-0.39, 0.29) is 24.8 Å². The smallest absolute Gasteiger partial charge is 0.229 e. The maximum Gasteiger partial charge on any atom is 0.229 e. The molecule has 2 aromatic rings. The summed E-state index contributed by atoms with van der Waals surface area (Å²) in [5.74, 6) is -0.720. The fraction of sp³-hybridized carbons (Fsp3) is 0.300. The summed E-state index contributed by atoms with van der Waals surface area (Å²) in [6.45, 7) is 4.42. The van der Waals surface area contributed by atoms with Crippen molar-refractivity contribution in [1.29, 1.82) is 0 Å². The molecule has 0 spiro atoms. The average molecular weight is 356 g/mol. The zero-order chi connectivity index (χ0) is 18.7. The van der Waals surface area contributed by atoms with Crippen LogP contribution < -0.4 is 15.0 Å². The van der Waals surface area contributed by atoms with Gasteiger partial charge in [-0.1, -0.05) is 18.2 Å². The molecule has 26 heavy (non-hydrogen) atoms. The van der Waals surface area contributed by atoms with Crippen LogP contribution in [0, 0.1) is 18.7 Å². The standard InChI is InChI=1S/C20H21FN2O3/c1-3-26-18-7-5-4-6-17(18)23-12-14(10-19(23)24)20(25)22-16-11-15(21)9-8-13(16)2/h4-9,11,14H,3,10,12H2,1-2H3,(H,22,25). The maximum atomic E-state index is 13.4. The third-order valence-corrected chi connectivity index (χ3v) is 4.41. The molecule has 5 nitrogen and oxygen atoms in total. The number of para-hydroxylation sites is 2. The molecule has 6 heteroatoms. The van der Waals surface area contributed by atoms with Gasteiger partial charge in [0.05, 0.1) is 18.2 Å². The molecule has 3 rings (SSSR count). The van der Waals surface area contributed by atoms with Crippen LogP contribution in [0.5, 0.6) is 5.75 Å². The Bertz CT molecular complexity index is 838. The van der Waals surface area contributed by atoms with E-state index in [0.717, 1.165) is 5.56 Å². The van der Waals surface area contributed by atoms with Crippen LogP contribution in [0.25, 0.3) is 0 Å². The van der Waals surface area contributed by atoms with Gasteiger partial charge in [0, 0.05) is 18.7 Å². The van der Waals surface area contributed by atoms with Crippen molar-refractivity contribution in [2.45, 2.75) is 20.3 Å². The van der Waals surface area contributed by atoms with Crippen LogP contribution in [0.1, 0.15) is 18.9 Å². The van der Waals surface area contributed by atoms with Gasteiger partial charge in [-0.15, -0.1) is 0 Å². The molecule has 1 saturated heterocycles. The van der Waals surface area contributed by atoms with Crippen LogP contribution in [0.15, 0.2) is 42.5 Å². The molecule has 1 atom stereocenters. The Labute approximate surface area is 151 Å². The molecule has 0 aliphatic carbocycles. The zero-order valence-electron chi connectivity index (χ0n) is 14.8. The summed E-state index contributed by atoms with van der Waals surface area (Å²) in [6.07, 6.45) is 0.112. The predicted molar refractivity (Wildman–Crippen MR) is 97.8 cm³/mol. The molecule has 0 bridgehead atoms. The van der Waals surface area contributed by atoms with E-state index >= 15 is 0 Å². The number of ether oxygens (including phenoxy) is 1. The highest BCUT2D eigenvalue weighted by molar-refractivity contribution is 6.04. The van der Waals surface area contributed by atoms with Crippen LogP contribution >= 0.6 is 0 Å². The van der Waals surface area contributed by atoms with E-state index in [0.29, 0.717) is 23.7 Å². The van der Waals surface area contributed by atoms with E-state index in [4.69, 9.17) is 4.74 Å². The molecular formula is C20H21FN2O3. The molecule has 1 aliphatic heterocycles. The zero-order valence-corrected chi connectivity index (χ0v) is 14.8. The summed E-state index contributed by atoms with van der Waals surface area (Å²) >= 11 is 0. The lowest BCUT2D eigenvalue weighted by Gasteiger charge is -2.20. The van der Waals surface area contributed by atoms with E-state index in [9.17, 15) is 14.0 Å². The second-order valence-corrected chi connectivity index (χ2v) is 6.25. The Kier molecular flexibility index (Phi) is 5.21. The first kappa shape index (κ1) is 17.9. The number of carbonyl (C=O) groups is 2. The number of nitrogens with zero attached hydrogens (tertiary/aromatic N) is 1. The van der Waals surface area contributed by atoms with Gasteiger partial charge in [-0.25, -0.2) is 4.39 Å². The van der Waals surface area contributed by atoms with E-state index < -0.39 is 11.7 Å². The Balaban J connectivity index is 1.75. The van der Waals surface area contributed by atoms with Gasteiger partial charge in [-0.3, -0.25) is 9.59 Å². The highest BCUT2D eigenvalue weighted by Crippen LogP contribution is 2.33. The van der Waals surface area contributed by atoms with Crippen molar-refractivity contribution >= 4 is 23.2 Å². The van der Waals surface area contributed by atoms with Gasteiger partial charge in [0.2, 0.25) is 11.8 Å².